The molecule has 18 heavy (non-hydrogen) atoms. The number of nitrogens with zero attached hydrogens (tertiary/aromatic N) is 1. The molecule has 0 aliphatic heterocycles. The lowest BCUT2D eigenvalue weighted by Crippen LogP contribution is -2.22. The average molecular weight is 251 g/mol. The maximum Gasteiger partial charge on any atom is 0.330 e. The van der Waals surface area contributed by atoms with Gasteiger partial charge in [0.15, 0.2) is 0 Å². The van der Waals surface area contributed by atoms with Gasteiger partial charge in [0.2, 0.25) is 0 Å². The molecule has 0 bridgehead atoms. The van der Waals surface area contributed by atoms with Crippen molar-refractivity contribution in [1.82, 2.24) is 0 Å². The molecule has 3 nitrogen and oxygen atoms in total. The molecule has 0 saturated carbocycles. The third-order valence-electron chi connectivity index (χ3n) is 2.44. The van der Waals surface area contributed by atoms with E-state index in [4.69, 9.17) is 4.74 Å². The van der Waals surface area contributed by atoms with Crippen molar-refractivity contribution < 1.29 is 13.9 Å². The normalized spacial score (nSPS) is 12.9. The van der Waals surface area contributed by atoms with Crippen molar-refractivity contribution >= 4 is 12.2 Å². The van der Waals surface area contributed by atoms with Crippen molar-refractivity contribution in [2.75, 3.05) is 7.11 Å². The smallest absolute Gasteiger partial charge is 0.330 e. The van der Waals surface area contributed by atoms with Crippen LogP contribution in [0, 0.1) is 11.7 Å². The summed E-state index contributed by atoms with van der Waals surface area (Å²) in [6.07, 6.45) is 2.20. The summed E-state index contributed by atoms with van der Waals surface area (Å²) in [5.74, 6) is -0.291. The van der Waals surface area contributed by atoms with E-state index in [0.29, 0.717) is 12.3 Å². The minimum absolute atomic E-state index is 0.293. The molecule has 0 aliphatic carbocycles. The van der Waals surface area contributed by atoms with Crippen LogP contribution in [0.2, 0.25) is 0 Å². The first kappa shape index (κ1) is 14.4. The van der Waals surface area contributed by atoms with E-state index in [1.807, 2.05) is 13.8 Å². The Morgan fingerprint density at radius 1 is 1.39 bits per heavy atom. The minimum Gasteiger partial charge on any atom is -0.467 e. The molecule has 0 unspecified atom stereocenters. The van der Waals surface area contributed by atoms with Gasteiger partial charge < -0.3 is 4.74 Å². The summed E-state index contributed by atoms with van der Waals surface area (Å²) in [5.41, 5.74) is 0.758. The summed E-state index contributed by atoms with van der Waals surface area (Å²) in [5, 5.41) is 0. The van der Waals surface area contributed by atoms with E-state index in [-0.39, 0.29) is 11.8 Å². The summed E-state index contributed by atoms with van der Waals surface area (Å²) in [7, 11) is 1.35. The minimum atomic E-state index is -0.500. The maximum absolute atomic E-state index is 12.7. The zero-order valence-electron chi connectivity index (χ0n) is 10.9. The molecule has 0 fully saturated rings. The number of benzene rings is 1. The number of hydrogen-bond acceptors (Lipinski definition) is 3. The van der Waals surface area contributed by atoms with E-state index in [2.05, 4.69) is 4.99 Å². The fourth-order valence-electron chi connectivity index (χ4n) is 1.53. The Balaban J connectivity index is 2.75. The number of ether oxygens (including phenoxy) is 1. The van der Waals surface area contributed by atoms with Crippen LogP contribution in [-0.4, -0.2) is 25.3 Å². The van der Waals surface area contributed by atoms with Gasteiger partial charge in [0.1, 0.15) is 11.9 Å². The van der Waals surface area contributed by atoms with E-state index in [9.17, 15) is 9.18 Å². The molecule has 4 heteroatoms. The number of halogens is 1. The first-order valence-corrected chi connectivity index (χ1v) is 5.89. The van der Waals surface area contributed by atoms with Crippen LogP contribution in [0.4, 0.5) is 4.39 Å². The van der Waals surface area contributed by atoms with Gasteiger partial charge in [0, 0.05) is 6.21 Å². The molecule has 0 aliphatic rings. The molecule has 1 aromatic carbocycles. The molecule has 0 aromatic heterocycles. The van der Waals surface area contributed by atoms with Gasteiger partial charge in [-0.05, 0) is 30.0 Å². The second-order valence-electron chi connectivity index (χ2n) is 4.50. The van der Waals surface area contributed by atoms with Gasteiger partial charge in [0.05, 0.1) is 7.11 Å². The van der Waals surface area contributed by atoms with Crippen molar-refractivity contribution in [2.24, 2.45) is 10.9 Å². The number of hydrogen-bond donors (Lipinski definition) is 0. The van der Waals surface area contributed by atoms with Crippen LogP contribution in [0.25, 0.3) is 0 Å². The van der Waals surface area contributed by atoms with Crippen LogP contribution in [0.1, 0.15) is 25.8 Å². The zero-order valence-corrected chi connectivity index (χ0v) is 10.9. The molecule has 1 atom stereocenters. The third-order valence-corrected chi connectivity index (χ3v) is 2.44. The van der Waals surface area contributed by atoms with Gasteiger partial charge in [-0.2, -0.15) is 0 Å². The van der Waals surface area contributed by atoms with Crippen molar-refractivity contribution in [2.45, 2.75) is 26.3 Å². The molecule has 0 saturated heterocycles. The zero-order chi connectivity index (χ0) is 13.5. The van der Waals surface area contributed by atoms with Gasteiger partial charge >= 0.3 is 5.97 Å². The topological polar surface area (TPSA) is 38.7 Å². The second-order valence-corrected chi connectivity index (χ2v) is 4.50. The van der Waals surface area contributed by atoms with Crippen LogP contribution < -0.4 is 0 Å². The quantitative estimate of drug-likeness (QED) is 0.596. The van der Waals surface area contributed by atoms with Gasteiger partial charge in [-0.15, -0.1) is 0 Å². The van der Waals surface area contributed by atoms with Crippen molar-refractivity contribution in [1.29, 1.82) is 0 Å². The van der Waals surface area contributed by atoms with E-state index < -0.39 is 6.04 Å². The van der Waals surface area contributed by atoms with Crippen LogP contribution >= 0.6 is 0 Å². The fraction of sp³-hybridized carbons (Fsp3) is 0.429. The van der Waals surface area contributed by atoms with Gasteiger partial charge in [-0.3, -0.25) is 4.99 Å². The molecular formula is C14H18FNO2. The highest BCUT2D eigenvalue weighted by Crippen LogP contribution is 2.10. The Morgan fingerprint density at radius 3 is 2.50 bits per heavy atom. The number of methoxy groups -OCH3 is 1. The number of carbonyl (C=O) groups is 1. The Morgan fingerprint density at radius 2 is 2.00 bits per heavy atom. The summed E-state index contributed by atoms with van der Waals surface area (Å²) in [6, 6.07) is 5.44. The number of carbonyl (C=O) groups excluding carboxylic acids is 1. The second kappa shape index (κ2) is 6.89. The highest BCUT2D eigenvalue weighted by molar-refractivity contribution is 5.83. The lowest BCUT2D eigenvalue weighted by atomic mass is 10.0. The van der Waals surface area contributed by atoms with Crippen LogP contribution in [0.5, 0.6) is 0 Å². The fourth-order valence-corrected chi connectivity index (χ4v) is 1.53. The first-order valence-electron chi connectivity index (χ1n) is 5.89. The Kier molecular flexibility index (Phi) is 5.49. The van der Waals surface area contributed by atoms with Gasteiger partial charge in [0.25, 0.3) is 0 Å². The molecule has 0 heterocycles. The Bertz CT molecular complexity index is 412. The standard InChI is InChI=1S/C14H18FNO2/c1-10(2)8-13(14(17)18-3)16-9-11-4-6-12(15)7-5-11/h4-7,9-10,13H,8H2,1-3H3/b16-9+/t13-/m0/s1. The molecule has 0 radical (unpaired) electrons. The monoisotopic (exact) mass is 251 g/mol. The van der Waals surface area contributed by atoms with Crippen molar-refractivity contribution in [3.63, 3.8) is 0 Å². The number of aliphatic imine (C=N–C) groups is 1. The third kappa shape index (κ3) is 4.65. The van der Waals surface area contributed by atoms with Crippen LogP contribution in [0.15, 0.2) is 29.3 Å². The SMILES string of the molecule is COC(=O)[C@H](CC(C)C)/N=C/c1ccc(F)cc1. The van der Waals surface area contributed by atoms with E-state index >= 15 is 0 Å². The predicted octanol–water partition coefficient (Wildman–Crippen LogP) is 2.83. The lowest BCUT2D eigenvalue weighted by Gasteiger charge is -2.12. The summed E-state index contributed by atoms with van der Waals surface area (Å²) >= 11 is 0. The van der Waals surface area contributed by atoms with E-state index in [0.717, 1.165) is 5.56 Å². The van der Waals surface area contributed by atoms with E-state index in [1.165, 1.54) is 19.2 Å². The molecule has 98 valence electrons. The van der Waals surface area contributed by atoms with Gasteiger partial charge in [-0.25, -0.2) is 9.18 Å². The molecule has 0 amide bonds. The first-order chi connectivity index (χ1) is 8.52. The average Bonchev–Trinajstić information content (AvgIpc) is 2.35. The highest BCUT2D eigenvalue weighted by Gasteiger charge is 2.18. The van der Waals surface area contributed by atoms with Gasteiger partial charge in [-0.1, -0.05) is 26.0 Å². The van der Waals surface area contributed by atoms with Crippen molar-refractivity contribution in [3.05, 3.63) is 35.6 Å². The summed E-state index contributed by atoms with van der Waals surface area (Å²) < 4.78 is 17.4. The van der Waals surface area contributed by atoms with Crippen LogP contribution in [0.3, 0.4) is 0 Å². The molecule has 1 aromatic rings. The molecule has 0 N–H and O–H groups in total. The summed E-state index contributed by atoms with van der Waals surface area (Å²) in [6.45, 7) is 4.03. The molecule has 0 spiro atoms. The predicted molar refractivity (Wildman–Crippen MR) is 69.3 cm³/mol. The Hall–Kier alpha value is -1.71. The van der Waals surface area contributed by atoms with Crippen molar-refractivity contribution in [3.8, 4) is 0 Å². The van der Waals surface area contributed by atoms with Crippen LogP contribution in [-0.2, 0) is 9.53 Å². The lowest BCUT2D eigenvalue weighted by molar-refractivity contribution is -0.142. The summed E-state index contributed by atoms with van der Waals surface area (Å²) in [4.78, 5) is 15.7. The number of rotatable bonds is 5. The highest BCUT2D eigenvalue weighted by atomic mass is 19.1. The maximum atomic E-state index is 12.7. The number of esters is 1. The van der Waals surface area contributed by atoms with E-state index in [1.54, 1.807) is 18.3 Å². The molecular weight excluding hydrogens is 233 g/mol. The Labute approximate surface area is 107 Å². The molecule has 1 rings (SSSR count). The largest absolute Gasteiger partial charge is 0.467 e.